The first-order valence-corrected chi connectivity index (χ1v) is 25.0. The fourth-order valence-corrected chi connectivity index (χ4v) is 10.5. The van der Waals surface area contributed by atoms with E-state index in [2.05, 4.69) is 45.9 Å². The van der Waals surface area contributed by atoms with Gasteiger partial charge in [0.25, 0.3) is 5.91 Å². The Morgan fingerprint density at radius 3 is 2.57 bits per heavy atom. The fraction of sp³-hybridized carbons (Fsp3) is 0.519. The van der Waals surface area contributed by atoms with Crippen LogP contribution in [0.1, 0.15) is 96.0 Å². The number of allylic oxidation sites excluding steroid dienone is 2. The van der Waals surface area contributed by atoms with E-state index < -0.39 is 41.0 Å². The maximum Gasteiger partial charge on any atom is 0.355 e. The highest BCUT2D eigenvalue weighted by atomic mass is 32.1. The van der Waals surface area contributed by atoms with E-state index >= 15 is 0 Å². The Morgan fingerprint density at radius 2 is 1.91 bits per heavy atom. The number of methoxy groups -OCH3 is 1. The van der Waals surface area contributed by atoms with E-state index in [4.69, 9.17) is 19.5 Å². The maximum atomic E-state index is 14.8. The van der Waals surface area contributed by atoms with Gasteiger partial charge in [0.2, 0.25) is 11.6 Å². The zero-order valence-electron chi connectivity index (χ0n) is 41.6. The van der Waals surface area contributed by atoms with Crippen LogP contribution in [0, 0.1) is 11.3 Å². The third kappa shape index (κ3) is 11.2. The van der Waals surface area contributed by atoms with Crippen molar-refractivity contribution in [1.29, 1.82) is 0 Å². The van der Waals surface area contributed by atoms with Crippen molar-refractivity contribution in [3.8, 4) is 11.3 Å². The summed E-state index contributed by atoms with van der Waals surface area (Å²) < 4.78 is 14.1. The molecule has 16 nitrogen and oxygen atoms in total. The van der Waals surface area contributed by atoms with Crippen LogP contribution in [-0.2, 0) is 49.7 Å². The largest absolute Gasteiger partial charge is 0.462 e. The summed E-state index contributed by atoms with van der Waals surface area (Å²) in [6.45, 7) is 19.1. The summed E-state index contributed by atoms with van der Waals surface area (Å²) in [5, 5.41) is 19.6. The third-order valence-electron chi connectivity index (χ3n) is 13.4. The van der Waals surface area contributed by atoms with Crippen molar-refractivity contribution in [3.63, 3.8) is 0 Å². The number of benzene rings is 1. The van der Waals surface area contributed by atoms with E-state index in [1.807, 2.05) is 76.1 Å². The monoisotopic (exact) mass is 964 g/mol. The van der Waals surface area contributed by atoms with Gasteiger partial charge in [0.15, 0.2) is 0 Å². The number of hydrazine groups is 1. The Labute approximate surface area is 409 Å². The minimum Gasteiger partial charge on any atom is -0.462 e. The van der Waals surface area contributed by atoms with Gasteiger partial charge in [0, 0.05) is 104 Å². The Kier molecular flexibility index (Phi) is 15.9. The number of aliphatic hydroxyl groups is 1. The Balaban J connectivity index is 1.28. The summed E-state index contributed by atoms with van der Waals surface area (Å²) in [4.78, 5) is 75.0. The van der Waals surface area contributed by atoms with Crippen molar-refractivity contribution in [1.82, 2.24) is 40.1 Å². The van der Waals surface area contributed by atoms with Crippen LogP contribution in [-0.4, -0.2) is 128 Å². The van der Waals surface area contributed by atoms with Crippen molar-refractivity contribution in [2.75, 3.05) is 33.9 Å². The van der Waals surface area contributed by atoms with Gasteiger partial charge in [-0.2, -0.15) is 5.43 Å². The lowest BCUT2D eigenvalue weighted by molar-refractivity contribution is -0.189. The van der Waals surface area contributed by atoms with Crippen LogP contribution < -0.4 is 10.7 Å². The number of aryl methyl sites for hydroxylation is 1. The molecule has 1 saturated carbocycles. The predicted octanol–water partition coefficient (Wildman–Crippen LogP) is 6.95. The van der Waals surface area contributed by atoms with Gasteiger partial charge in [-0.1, -0.05) is 46.4 Å². The van der Waals surface area contributed by atoms with Crippen LogP contribution in [0.4, 0.5) is 4.79 Å². The molecule has 17 heteroatoms. The van der Waals surface area contributed by atoms with Gasteiger partial charge in [0.05, 0.1) is 34.8 Å². The van der Waals surface area contributed by atoms with E-state index in [1.54, 1.807) is 32.8 Å². The van der Waals surface area contributed by atoms with Crippen molar-refractivity contribution in [2.45, 2.75) is 130 Å². The number of aromatic nitrogens is 3. The summed E-state index contributed by atoms with van der Waals surface area (Å²) in [6, 6.07) is 7.82. The van der Waals surface area contributed by atoms with E-state index in [0.717, 1.165) is 57.4 Å². The molecule has 6 bridgehead atoms. The molecule has 3 aliphatic rings. The van der Waals surface area contributed by atoms with Gasteiger partial charge in [-0.25, -0.2) is 14.6 Å². The number of hydrogen-bond donors (Lipinski definition) is 3. The lowest BCUT2D eigenvalue weighted by Crippen LogP contribution is -2.67. The molecule has 370 valence electrons. The quantitative estimate of drug-likeness (QED) is 0.0679. The second-order valence-corrected chi connectivity index (χ2v) is 20.5. The van der Waals surface area contributed by atoms with Crippen LogP contribution in [0.25, 0.3) is 27.7 Å². The molecular weight excluding hydrogens is 895 g/mol. The molecule has 0 radical (unpaired) electrons. The smallest absolute Gasteiger partial charge is 0.355 e. The standard InChI is InChI=1S/C52H69N9O7S/c1-11-37(44(54-12-2)33(6)67-10)46-39-29-51(7,8)31-68-49(64)52(66)22-14-25-61(57-52)48(63)40(28-43-55-41(30-69-43)35-15-18-42(38(39)27-35)59(46)13-3)56-47(62)45(32(4)5)58(9)50(65)60(36-16-17-36)26-21-34-19-23-53-24-20-34/h11-12,15,18-20,23-24,27,30,32-33,36,40,45,57,66H,1,13-14,16-17,21-22,25-26,28-29,31H2,2-10H3,(H,56,62)/b44-37+,54-12-/t33-,40-,45-,52-/m0/s1. The number of nitrogens with one attached hydrogen (secondary N) is 2. The van der Waals surface area contributed by atoms with Crippen molar-refractivity contribution >= 4 is 57.8 Å². The molecule has 4 aromatic rings. The number of cyclic esters (lactones) is 1. The number of likely N-dealkylation sites (N-methyl/N-ethyl adjacent to an activating group) is 1. The Morgan fingerprint density at radius 1 is 1.17 bits per heavy atom. The summed E-state index contributed by atoms with van der Waals surface area (Å²) in [6.07, 6.45) is 9.84. The molecule has 5 heterocycles. The fourth-order valence-electron chi connectivity index (χ4n) is 9.64. The molecule has 0 spiro atoms. The Bertz CT molecular complexity index is 2600. The highest BCUT2D eigenvalue weighted by Crippen LogP contribution is 2.40. The number of ether oxygens (including phenoxy) is 2. The summed E-state index contributed by atoms with van der Waals surface area (Å²) in [7, 11) is 3.29. The molecule has 0 unspecified atom stereocenters. The average molecular weight is 964 g/mol. The molecule has 2 fully saturated rings. The van der Waals surface area contributed by atoms with Crippen LogP contribution in [0.15, 0.2) is 71.4 Å². The number of aliphatic imine (C=N–C) groups is 1. The molecule has 7 rings (SSSR count). The first-order valence-electron chi connectivity index (χ1n) is 24.1. The van der Waals surface area contributed by atoms with Gasteiger partial charge in [0.1, 0.15) is 12.1 Å². The van der Waals surface area contributed by atoms with Crippen LogP contribution in [0.3, 0.4) is 0 Å². The van der Waals surface area contributed by atoms with E-state index in [0.29, 0.717) is 36.6 Å². The first-order chi connectivity index (χ1) is 32.9. The SMILES string of the molecule is C=C/C(=C(\N=C/C)[C@H](C)OC)c1c2c3cc(ccc3n1CC)-c1csc(n1)C[C@H](NC(=O)[C@H](C(C)C)N(C)C(=O)N(CCc1ccncc1)C1CC1)C(=O)N1CCC[C@@](O)(N1)C(=O)OCC(C)(C)C2. The zero-order valence-corrected chi connectivity index (χ0v) is 42.4. The summed E-state index contributed by atoms with van der Waals surface area (Å²) in [5.41, 5.74) is 6.98. The number of carbonyl (C=O) groups excluding carboxylic acids is 4. The molecule has 1 saturated heterocycles. The molecule has 2 aliphatic heterocycles. The minimum atomic E-state index is -2.23. The number of carbonyl (C=O) groups is 4. The van der Waals surface area contributed by atoms with Gasteiger partial charge in [-0.05, 0) is 94.2 Å². The molecule has 4 amide bonds. The van der Waals surface area contributed by atoms with Gasteiger partial charge in [-0.15, -0.1) is 11.3 Å². The van der Waals surface area contributed by atoms with Crippen molar-refractivity contribution in [3.05, 3.63) is 88.3 Å². The highest BCUT2D eigenvalue weighted by Gasteiger charge is 2.46. The van der Waals surface area contributed by atoms with Crippen LogP contribution in [0.2, 0.25) is 0 Å². The maximum absolute atomic E-state index is 14.8. The molecule has 4 atom stereocenters. The number of thiazole rings is 1. The normalized spacial score (nSPS) is 21.1. The number of rotatable bonds is 14. The first kappa shape index (κ1) is 51.1. The molecule has 69 heavy (non-hydrogen) atoms. The second-order valence-electron chi connectivity index (χ2n) is 19.6. The average Bonchev–Trinajstić information content (AvgIpc) is 3.99. The lowest BCUT2D eigenvalue weighted by Gasteiger charge is -2.40. The minimum absolute atomic E-state index is 0.00282. The van der Waals surface area contributed by atoms with E-state index in [-0.39, 0.29) is 56.5 Å². The highest BCUT2D eigenvalue weighted by molar-refractivity contribution is 7.10. The van der Waals surface area contributed by atoms with Crippen molar-refractivity contribution in [2.24, 2.45) is 16.3 Å². The third-order valence-corrected chi connectivity index (χ3v) is 14.3. The lowest BCUT2D eigenvalue weighted by atomic mass is 9.84. The number of amides is 4. The van der Waals surface area contributed by atoms with E-state index in [1.165, 1.54) is 21.2 Å². The predicted molar refractivity (Wildman–Crippen MR) is 269 cm³/mol. The number of hydrogen-bond acceptors (Lipinski definition) is 12. The number of esters is 1. The topological polar surface area (TPSA) is 184 Å². The zero-order chi connectivity index (χ0) is 49.8. The van der Waals surface area contributed by atoms with E-state index in [9.17, 15) is 24.3 Å². The molecule has 3 N–H and O–H groups in total. The van der Waals surface area contributed by atoms with Crippen molar-refractivity contribution < 1.29 is 33.8 Å². The molecule has 1 aromatic carbocycles. The van der Waals surface area contributed by atoms with Gasteiger partial charge < -0.3 is 34.3 Å². The summed E-state index contributed by atoms with van der Waals surface area (Å²) in [5.74, 6) is -2.32. The molecule has 1 aliphatic carbocycles. The number of urea groups is 1. The summed E-state index contributed by atoms with van der Waals surface area (Å²) >= 11 is 1.37. The van der Waals surface area contributed by atoms with Crippen LogP contribution >= 0.6 is 11.3 Å². The van der Waals surface area contributed by atoms with Crippen LogP contribution in [0.5, 0.6) is 0 Å². The number of nitrogens with zero attached hydrogens (tertiary/aromatic N) is 7. The Hall–Kier alpha value is -5.75. The van der Waals surface area contributed by atoms with Gasteiger partial charge in [-0.3, -0.25) is 24.6 Å². The molecular formula is C52H69N9O7S. The van der Waals surface area contributed by atoms with Gasteiger partial charge >= 0.3 is 12.0 Å². The second kappa shape index (κ2) is 21.5. The number of fused-ring (bicyclic) bond motifs is 6. The number of pyridine rings is 1. The molecule has 3 aromatic heterocycles.